The molecule has 12 heteroatoms. The van der Waals surface area contributed by atoms with Crippen LogP contribution in [0.2, 0.25) is 0 Å². The van der Waals surface area contributed by atoms with E-state index in [0.717, 1.165) is 0 Å². The molecular formula is C10H6N4O8. The van der Waals surface area contributed by atoms with Crippen molar-refractivity contribution < 1.29 is 19.8 Å². The number of carbonyl (C=O) groups is 2. The van der Waals surface area contributed by atoms with E-state index >= 15 is 0 Å². The minimum Gasteiger partial charge on any atom is -0.477 e. The Bertz CT molecular complexity index is 1020. The summed E-state index contributed by atoms with van der Waals surface area (Å²) in [5.41, 5.74) is -6.79. The van der Waals surface area contributed by atoms with Crippen molar-refractivity contribution >= 4 is 11.9 Å². The third kappa shape index (κ3) is 2.35. The number of hydrogen-bond acceptors (Lipinski definition) is 6. The lowest BCUT2D eigenvalue weighted by Gasteiger charge is -2.07. The molecule has 2 aromatic rings. The zero-order valence-electron chi connectivity index (χ0n) is 10.4. The minimum absolute atomic E-state index is 0.338. The van der Waals surface area contributed by atoms with Gasteiger partial charge in [0, 0.05) is 6.20 Å². The average molecular weight is 310 g/mol. The molecule has 0 aliphatic heterocycles. The van der Waals surface area contributed by atoms with Gasteiger partial charge in [-0.25, -0.2) is 19.2 Å². The lowest BCUT2D eigenvalue weighted by molar-refractivity contribution is 0.0685. The molecule has 0 saturated carbocycles. The first kappa shape index (κ1) is 14.7. The zero-order chi connectivity index (χ0) is 16.6. The van der Waals surface area contributed by atoms with Crippen LogP contribution in [0.4, 0.5) is 0 Å². The summed E-state index contributed by atoms with van der Waals surface area (Å²) in [5.74, 6) is -4.26. The van der Waals surface area contributed by atoms with Crippen molar-refractivity contribution in [1.29, 1.82) is 0 Å². The normalized spacial score (nSPS) is 10.4. The van der Waals surface area contributed by atoms with Gasteiger partial charge in [-0.15, -0.1) is 0 Å². The molecule has 0 saturated heterocycles. The summed E-state index contributed by atoms with van der Waals surface area (Å²) in [6, 6.07) is 0. The van der Waals surface area contributed by atoms with E-state index in [-0.39, 0.29) is 0 Å². The molecule has 12 nitrogen and oxygen atoms in total. The van der Waals surface area contributed by atoms with E-state index in [0.29, 0.717) is 10.8 Å². The Morgan fingerprint density at radius 1 is 0.909 bits per heavy atom. The topological polar surface area (TPSA) is 195 Å². The molecule has 0 fully saturated rings. The van der Waals surface area contributed by atoms with Crippen LogP contribution >= 0.6 is 0 Å². The number of carboxylic acids is 2. The second-order valence-corrected chi connectivity index (χ2v) is 3.91. The van der Waals surface area contributed by atoms with Gasteiger partial charge in [0.1, 0.15) is 11.4 Å². The molecule has 0 atom stereocenters. The number of hydrogen-bond donors (Lipinski definition) is 5. The van der Waals surface area contributed by atoms with Crippen LogP contribution in [0.1, 0.15) is 20.7 Å². The Kier molecular flexibility index (Phi) is 3.35. The molecular weight excluding hydrogens is 304 g/mol. The molecule has 0 aliphatic carbocycles. The second kappa shape index (κ2) is 5.01. The molecule has 0 bridgehead atoms. The predicted molar refractivity (Wildman–Crippen MR) is 67.8 cm³/mol. The molecule has 0 unspecified atom stereocenters. The molecule has 114 valence electrons. The van der Waals surface area contributed by atoms with Gasteiger partial charge in [0.2, 0.25) is 0 Å². The Morgan fingerprint density at radius 2 is 1.55 bits per heavy atom. The highest BCUT2D eigenvalue weighted by Crippen LogP contribution is 2.03. The quantitative estimate of drug-likeness (QED) is 0.403. The molecule has 0 aliphatic rings. The van der Waals surface area contributed by atoms with Gasteiger partial charge in [-0.2, -0.15) is 0 Å². The minimum atomic E-state index is -1.78. The molecule has 5 N–H and O–H groups in total. The standard InChI is InChI=1S/C10H6N4O8/c15-5-2(7(17)18)1-14(10(22)13-5)4-3(8(19)20)6(16)12-9(21)11-4/h1H,(H,17,18)(H,19,20)(H,13,15,22)(H2,11,12,16,21). The van der Waals surface area contributed by atoms with Gasteiger partial charge in [0.05, 0.1) is 0 Å². The van der Waals surface area contributed by atoms with E-state index in [2.05, 4.69) is 0 Å². The number of nitrogens with zero attached hydrogens (tertiary/aromatic N) is 1. The van der Waals surface area contributed by atoms with Crippen LogP contribution in [-0.4, -0.2) is 41.7 Å². The SMILES string of the molecule is O=C(O)c1cn(-c2[nH]c(=O)[nH]c(=O)c2C(=O)O)c(=O)[nH]c1=O. The van der Waals surface area contributed by atoms with E-state index in [1.807, 2.05) is 4.98 Å². The fraction of sp³-hybridized carbons (Fsp3) is 0. The summed E-state index contributed by atoms with van der Waals surface area (Å²) >= 11 is 0. The maximum absolute atomic E-state index is 11.7. The maximum Gasteiger partial charge on any atom is 0.345 e. The van der Waals surface area contributed by atoms with Crippen molar-refractivity contribution in [3.63, 3.8) is 0 Å². The van der Waals surface area contributed by atoms with Gasteiger partial charge in [0.25, 0.3) is 11.1 Å². The highest BCUT2D eigenvalue weighted by atomic mass is 16.4. The zero-order valence-corrected chi connectivity index (χ0v) is 10.4. The summed E-state index contributed by atoms with van der Waals surface area (Å²) in [4.78, 5) is 72.9. The number of aromatic nitrogens is 4. The third-order valence-corrected chi connectivity index (χ3v) is 2.55. The molecule has 0 aromatic carbocycles. The molecule has 0 spiro atoms. The monoisotopic (exact) mass is 310 g/mol. The molecule has 2 rings (SSSR count). The van der Waals surface area contributed by atoms with Crippen molar-refractivity contribution in [3.8, 4) is 5.82 Å². The fourth-order valence-electron chi connectivity index (χ4n) is 1.64. The molecule has 2 heterocycles. The van der Waals surface area contributed by atoms with E-state index in [9.17, 15) is 28.8 Å². The summed E-state index contributed by atoms with van der Waals surface area (Å²) in [5, 5.41) is 17.8. The molecule has 2 aromatic heterocycles. The van der Waals surface area contributed by atoms with Gasteiger partial charge in [0.15, 0.2) is 5.56 Å². The van der Waals surface area contributed by atoms with Crippen LogP contribution in [0.25, 0.3) is 5.82 Å². The summed E-state index contributed by atoms with van der Waals surface area (Å²) in [6.45, 7) is 0. The van der Waals surface area contributed by atoms with Gasteiger partial charge in [-0.1, -0.05) is 0 Å². The fourth-order valence-corrected chi connectivity index (χ4v) is 1.64. The number of aromatic carboxylic acids is 2. The highest BCUT2D eigenvalue weighted by Gasteiger charge is 2.21. The molecule has 0 amide bonds. The Hall–Kier alpha value is -3.70. The first-order valence-corrected chi connectivity index (χ1v) is 5.42. The first-order chi connectivity index (χ1) is 10.2. The van der Waals surface area contributed by atoms with E-state index in [1.54, 1.807) is 9.97 Å². The van der Waals surface area contributed by atoms with Gasteiger partial charge < -0.3 is 10.2 Å². The number of H-pyrrole nitrogens is 3. The van der Waals surface area contributed by atoms with Crippen LogP contribution in [-0.2, 0) is 0 Å². The predicted octanol–water partition coefficient (Wildman–Crippen LogP) is -2.70. The third-order valence-electron chi connectivity index (χ3n) is 2.55. The van der Waals surface area contributed by atoms with Crippen molar-refractivity contribution in [2.45, 2.75) is 0 Å². The number of rotatable bonds is 3. The smallest absolute Gasteiger partial charge is 0.345 e. The summed E-state index contributed by atoms with van der Waals surface area (Å²) < 4.78 is 0.338. The number of carboxylic acid groups (broad SMARTS) is 2. The Morgan fingerprint density at radius 3 is 2.09 bits per heavy atom. The Balaban J connectivity index is 2.98. The second-order valence-electron chi connectivity index (χ2n) is 3.91. The Labute approximate surface area is 117 Å². The largest absolute Gasteiger partial charge is 0.477 e. The van der Waals surface area contributed by atoms with Crippen LogP contribution in [0.3, 0.4) is 0 Å². The van der Waals surface area contributed by atoms with Crippen molar-refractivity contribution in [3.05, 3.63) is 59.0 Å². The summed E-state index contributed by atoms with van der Waals surface area (Å²) in [7, 11) is 0. The van der Waals surface area contributed by atoms with Crippen LogP contribution in [0.15, 0.2) is 25.4 Å². The maximum atomic E-state index is 11.7. The number of nitrogens with one attached hydrogen (secondary N) is 3. The van der Waals surface area contributed by atoms with Crippen molar-refractivity contribution in [2.75, 3.05) is 0 Å². The summed E-state index contributed by atoms with van der Waals surface area (Å²) in [6.07, 6.45) is 0.501. The van der Waals surface area contributed by atoms with Gasteiger partial charge in [-0.05, 0) is 0 Å². The van der Waals surface area contributed by atoms with Crippen molar-refractivity contribution in [1.82, 2.24) is 19.5 Å². The van der Waals surface area contributed by atoms with Crippen molar-refractivity contribution in [2.24, 2.45) is 0 Å². The average Bonchev–Trinajstić information content (AvgIpc) is 2.36. The van der Waals surface area contributed by atoms with Gasteiger partial charge >= 0.3 is 23.3 Å². The van der Waals surface area contributed by atoms with E-state index in [4.69, 9.17) is 10.2 Å². The lowest BCUT2D eigenvalue weighted by atomic mass is 10.3. The van der Waals surface area contributed by atoms with E-state index < -0.39 is 51.4 Å². The van der Waals surface area contributed by atoms with E-state index in [1.165, 1.54) is 0 Å². The lowest BCUT2D eigenvalue weighted by Crippen LogP contribution is -2.37. The molecule has 22 heavy (non-hydrogen) atoms. The first-order valence-electron chi connectivity index (χ1n) is 5.42. The number of aromatic amines is 3. The molecule has 0 radical (unpaired) electrons. The van der Waals surface area contributed by atoms with Crippen LogP contribution in [0, 0.1) is 0 Å². The van der Waals surface area contributed by atoms with Crippen LogP contribution in [0.5, 0.6) is 0 Å². The van der Waals surface area contributed by atoms with Crippen LogP contribution < -0.4 is 22.5 Å². The highest BCUT2D eigenvalue weighted by molar-refractivity contribution is 5.91. The van der Waals surface area contributed by atoms with Gasteiger partial charge in [-0.3, -0.25) is 29.1 Å².